The minimum absolute atomic E-state index is 0.591. The van der Waals surface area contributed by atoms with Crippen LogP contribution in [0.3, 0.4) is 0 Å². The molecule has 0 saturated carbocycles. The molecule has 0 spiro atoms. The summed E-state index contributed by atoms with van der Waals surface area (Å²) in [5.74, 6) is 3.06. The van der Waals surface area contributed by atoms with E-state index in [1.165, 1.54) is 33.0 Å². The summed E-state index contributed by atoms with van der Waals surface area (Å²) in [6, 6.07) is 36.2. The number of aromatic nitrogens is 4. The van der Waals surface area contributed by atoms with E-state index in [2.05, 4.69) is 124 Å². The van der Waals surface area contributed by atoms with E-state index in [0.29, 0.717) is 5.92 Å². The second kappa shape index (κ2) is 12.3. The van der Waals surface area contributed by atoms with Crippen LogP contribution in [0.25, 0.3) is 44.4 Å². The van der Waals surface area contributed by atoms with Gasteiger partial charge in [0.05, 0.1) is 22.4 Å². The van der Waals surface area contributed by atoms with Gasteiger partial charge >= 0.3 is 0 Å². The highest BCUT2D eigenvalue weighted by atomic mass is 16.5. The number of pyridine rings is 1. The van der Waals surface area contributed by atoms with Gasteiger partial charge in [-0.25, -0.2) is 9.67 Å². The summed E-state index contributed by atoms with van der Waals surface area (Å²) in [6.07, 6.45) is 5.10. The van der Waals surface area contributed by atoms with E-state index in [1.54, 1.807) is 0 Å². The molecule has 0 aliphatic heterocycles. The summed E-state index contributed by atoms with van der Waals surface area (Å²) in [7, 11) is 0. The van der Waals surface area contributed by atoms with Gasteiger partial charge < -0.3 is 4.74 Å². The van der Waals surface area contributed by atoms with Gasteiger partial charge in [-0.1, -0.05) is 69.7 Å². The monoisotopic (exact) mass is 604 g/mol. The molecule has 0 saturated heterocycles. The molecule has 5 heteroatoms. The zero-order valence-corrected chi connectivity index (χ0v) is 27.3. The van der Waals surface area contributed by atoms with Crippen molar-refractivity contribution in [2.75, 3.05) is 0 Å². The van der Waals surface area contributed by atoms with Crippen LogP contribution in [0.2, 0.25) is 0 Å². The zero-order chi connectivity index (χ0) is 31.8. The summed E-state index contributed by atoms with van der Waals surface area (Å²) < 4.78 is 10.9. The molecule has 46 heavy (non-hydrogen) atoms. The topological polar surface area (TPSA) is 44.9 Å². The van der Waals surface area contributed by atoms with Gasteiger partial charge in [-0.15, -0.1) is 0 Å². The molecular formula is C41H40N4O. The lowest BCUT2D eigenvalue weighted by Crippen LogP contribution is -2.00. The van der Waals surface area contributed by atoms with Crippen LogP contribution >= 0.6 is 0 Å². The molecule has 0 fully saturated rings. The van der Waals surface area contributed by atoms with E-state index in [0.717, 1.165) is 64.7 Å². The van der Waals surface area contributed by atoms with E-state index in [4.69, 9.17) is 14.8 Å². The van der Waals surface area contributed by atoms with Crippen molar-refractivity contribution in [3.63, 3.8) is 0 Å². The first-order chi connectivity index (χ1) is 22.4. The Morgan fingerprint density at radius 1 is 0.739 bits per heavy atom. The maximum atomic E-state index is 6.56. The lowest BCUT2D eigenvalue weighted by Gasteiger charge is -2.11. The molecule has 7 aromatic rings. The van der Waals surface area contributed by atoms with E-state index in [1.807, 2.05) is 29.1 Å². The Balaban J connectivity index is 1.30. The molecule has 4 aromatic carbocycles. The van der Waals surface area contributed by atoms with Crippen molar-refractivity contribution in [3.05, 3.63) is 132 Å². The number of rotatable bonds is 9. The van der Waals surface area contributed by atoms with Crippen molar-refractivity contribution in [3.8, 4) is 34.1 Å². The van der Waals surface area contributed by atoms with Crippen molar-refractivity contribution in [2.24, 2.45) is 5.92 Å². The number of fused-ring (bicyclic) bond motifs is 3. The summed E-state index contributed by atoms with van der Waals surface area (Å²) in [6.45, 7) is 10.9. The number of hydrogen-bond donors (Lipinski definition) is 0. The average Bonchev–Trinajstić information content (AvgIpc) is 3.53. The maximum Gasteiger partial charge on any atom is 0.137 e. The first-order valence-electron chi connectivity index (χ1n) is 16.3. The minimum atomic E-state index is 0.591. The van der Waals surface area contributed by atoms with Gasteiger partial charge in [-0.3, -0.25) is 4.57 Å². The van der Waals surface area contributed by atoms with Crippen molar-refractivity contribution in [2.45, 2.75) is 53.9 Å². The van der Waals surface area contributed by atoms with E-state index in [9.17, 15) is 0 Å². The van der Waals surface area contributed by atoms with Crippen LogP contribution in [0.4, 0.5) is 0 Å². The molecule has 0 bridgehead atoms. The van der Waals surface area contributed by atoms with Gasteiger partial charge in [0.25, 0.3) is 0 Å². The third kappa shape index (κ3) is 5.58. The molecular weight excluding hydrogens is 564 g/mol. The molecule has 0 aliphatic carbocycles. The Kier molecular flexibility index (Phi) is 7.91. The smallest absolute Gasteiger partial charge is 0.137 e. The van der Waals surface area contributed by atoms with Gasteiger partial charge in [0.1, 0.15) is 17.3 Å². The summed E-state index contributed by atoms with van der Waals surface area (Å²) in [5.41, 5.74) is 10.3. The van der Waals surface area contributed by atoms with Gasteiger partial charge in [-0.2, -0.15) is 5.10 Å². The van der Waals surface area contributed by atoms with Crippen LogP contribution in [-0.2, 0) is 12.8 Å². The first-order valence-corrected chi connectivity index (χ1v) is 16.3. The third-order valence-electron chi connectivity index (χ3n) is 8.68. The van der Waals surface area contributed by atoms with Crippen molar-refractivity contribution in [1.29, 1.82) is 0 Å². The molecule has 3 heterocycles. The molecule has 0 atom stereocenters. The number of aryl methyl sites for hydroxylation is 2. The number of nitrogens with zero attached hydrogens (tertiary/aromatic N) is 4. The molecule has 230 valence electrons. The summed E-state index contributed by atoms with van der Waals surface area (Å²) in [5, 5.41) is 7.35. The van der Waals surface area contributed by atoms with Crippen molar-refractivity contribution in [1.82, 2.24) is 19.3 Å². The second-order valence-electron chi connectivity index (χ2n) is 12.7. The second-order valence-corrected chi connectivity index (χ2v) is 12.7. The van der Waals surface area contributed by atoms with Gasteiger partial charge in [0, 0.05) is 40.4 Å². The standard InChI is InChI=1S/C41H40N4O/c1-6-11-30-20-21-42-40(24-30)44-38-19-16-31(22-27(2)3)23-37(38)36-18-17-35(26-39(36)44)46-34-15-10-14-33(25-34)45-29(5)41(28(4)43-45)32-12-8-7-9-13-32/h7-10,12-21,23-27H,6,11,22H2,1-5H3. The highest BCUT2D eigenvalue weighted by Crippen LogP contribution is 2.36. The summed E-state index contributed by atoms with van der Waals surface area (Å²) >= 11 is 0. The van der Waals surface area contributed by atoms with Gasteiger partial charge in [0.15, 0.2) is 0 Å². The predicted molar refractivity (Wildman–Crippen MR) is 190 cm³/mol. The normalized spacial score (nSPS) is 11.6. The molecule has 0 unspecified atom stereocenters. The number of hydrogen-bond acceptors (Lipinski definition) is 3. The van der Waals surface area contributed by atoms with E-state index >= 15 is 0 Å². The molecule has 0 N–H and O–H groups in total. The molecule has 5 nitrogen and oxygen atoms in total. The molecule has 0 amide bonds. The SMILES string of the molecule is CCCc1ccnc(-n2c3ccc(CC(C)C)cc3c3ccc(Oc4cccc(-n5nc(C)c(-c6ccccc6)c5C)c4)cc32)c1. The van der Waals surface area contributed by atoms with Crippen LogP contribution in [0.1, 0.15) is 49.7 Å². The van der Waals surface area contributed by atoms with Gasteiger partial charge in [0.2, 0.25) is 0 Å². The van der Waals surface area contributed by atoms with Crippen LogP contribution in [0.5, 0.6) is 11.5 Å². The highest BCUT2D eigenvalue weighted by molar-refractivity contribution is 6.09. The fourth-order valence-electron chi connectivity index (χ4n) is 6.72. The Hall–Kier alpha value is -5.16. The average molecular weight is 605 g/mol. The van der Waals surface area contributed by atoms with Crippen molar-refractivity contribution >= 4 is 21.8 Å². The minimum Gasteiger partial charge on any atom is -0.457 e. The van der Waals surface area contributed by atoms with Crippen LogP contribution < -0.4 is 4.74 Å². The van der Waals surface area contributed by atoms with Crippen LogP contribution in [-0.4, -0.2) is 19.3 Å². The molecule has 3 aromatic heterocycles. The van der Waals surface area contributed by atoms with Crippen LogP contribution in [0.15, 0.2) is 109 Å². The first kappa shape index (κ1) is 29.5. The lowest BCUT2D eigenvalue weighted by molar-refractivity contribution is 0.482. The zero-order valence-electron chi connectivity index (χ0n) is 27.3. The number of benzene rings is 4. The third-order valence-corrected chi connectivity index (χ3v) is 8.68. The lowest BCUT2D eigenvalue weighted by atomic mass is 10.0. The van der Waals surface area contributed by atoms with Gasteiger partial charge in [-0.05, 0) is 97.8 Å². The van der Waals surface area contributed by atoms with E-state index < -0.39 is 0 Å². The number of ether oxygens (including phenoxy) is 1. The largest absolute Gasteiger partial charge is 0.457 e. The van der Waals surface area contributed by atoms with E-state index in [-0.39, 0.29) is 0 Å². The Morgan fingerprint density at radius 3 is 2.37 bits per heavy atom. The Morgan fingerprint density at radius 2 is 1.57 bits per heavy atom. The highest BCUT2D eigenvalue weighted by Gasteiger charge is 2.17. The molecule has 0 radical (unpaired) electrons. The fraction of sp³-hybridized carbons (Fsp3) is 0.220. The van der Waals surface area contributed by atoms with Crippen LogP contribution in [0, 0.1) is 19.8 Å². The molecule has 0 aliphatic rings. The Labute approximate surface area is 271 Å². The Bertz CT molecular complexity index is 2170. The molecule has 7 rings (SSSR count). The van der Waals surface area contributed by atoms with Crippen molar-refractivity contribution < 1.29 is 4.74 Å². The quantitative estimate of drug-likeness (QED) is 0.165. The maximum absolute atomic E-state index is 6.56. The fourth-order valence-corrected chi connectivity index (χ4v) is 6.72. The summed E-state index contributed by atoms with van der Waals surface area (Å²) in [4.78, 5) is 4.85. The predicted octanol–water partition coefficient (Wildman–Crippen LogP) is 10.6.